The van der Waals surface area contributed by atoms with Gasteiger partial charge in [-0.25, -0.2) is 4.39 Å². The van der Waals surface area contributed by atoms with Crippen LogP contribution in [-0.2, 0) is 23.8 Å². The molecule has 3 atom stereocenters. The van der Waals surface area contributed by atoms with E-state index < -0.39 is 36.2 Å². The summed E-state index contributed by atoms with van der Waals surface area (Å²) in [4.78, 5) is 33.9. The number of fused-ring (bicyclic) bond motifs is 1. The Labute approximate surface area is 155 Å². The predicted molar refractivity (Wildman–Crippen MR) is 92.6 cm³/mol. The molecule has 1 aliphatic heterocycles. The lowest BCUT2D eigenvalue weighted by molar-refractivity contribution is -0.178. The SMILES string of the molecule is CC(=O)OC[C@@H]1C[C@H](OC(C)=O)C[C@H](n2cc(C=O)c3c(F)cccc32)O1. The first kappa shape index (κ1) is 19.0. The molecule has 8 heteroatoms. The second-order valence-electron chi connectivity index (χ2n) is 6.46. The number of halogens is 1. The lowest BCUT2D eigenvalue weighted by Crippen LogP contribution is -2.38. The van der Waals surface area contributed by atoms with Gasteiger partial charge in [-0.05, 0) is 12.1 Å². The van der Waals surface area contributed by atoms with Crippen LogP contribution in [0.25, 0.3) is 10.9 Å². The summed E-state index contributed by atoms with van der Waals surface area (Å²) in [7, 11) is 0. The molecule has 7 nitrogen and oxygen atoms in total. The molecule has 1 fully saturated rings. The van der Waals surface area contributed by atoms with Crippen LogP contribution in [0.1, 0.15) is 43.3 Å². The van der Waals surface area contributed by atoms with Gasteiger partial charge in [0.25, 0.3) is 0 Å². The van der Waals surface area contributed by atoms with Crippen LogP contribution in [0, 0.1) is 5.82 Å². The van der Waals surface area contributed by atoms with Crippen LogP contribution in [0.5, 0.6) is 0 Å². The van der Waals surface area contributed by atoms with Crippen molar-refractivity contribution in [2.24, 2.45) is 0 Å². The van der Waals surface area contributed by atoms with Crippen molar-refractivity contribution in [3.63, 3.8) is 0 Å². The minimum absolute atomic E-state index is 0.0116. The van der Waals surface area contributed by atoms with E-state index in [2.05, 4.69) is 0 Å². The van der Waals surface area contributed by atoms with Crippen molar-refractivity contribution in [3.8, 4) is 0 Å². The van der Waals surface area contributed by atoms with Crippen molar-refractivity contribution in [2.45, 2.75) is 45.1 Å². The predicted octanol–water partition coefficient (Wildman–Crippen LogP) is 2.77. The third-order valence-corrected chi connectivity index (χ3v) is 4.42. The molecule has 0 amide bonds. The standard InChI is InChI=1S/C19H20FNO6/c1-11(23)25-10-15-6-14(26-12(2)24)7-18(27-15)21-8-13(9-22)19-16(20)4-3-5-17(19)21/h3-5,8-9,14-15,18H,6-7,10H2,1-2H3/t14-,15-,18+/m0/s1. The average molecular weight is 377 g/mol. The highest BCUT2D eigenvalue weighted by atomic mass is 19.1. The van der Waals surface area contributed by atoms with Gasteiger partial charge in [-0.3, -0.25) is 14.4 Å². The Kier molecular flexibility index (Phi) is 5.55. The van der Waals surface area contributed by atoms with E-state index in [4.69, 9.17) is 14.2 Å². The summed E-state index contributed by atoms with van der Waals surface area (Å²) in [6.45, 7) is 2.62. The van der Waals surface area contributed by atoms with E-state index in [9.17, 15) is 18.8 Å². The highest BCUT2D eigenvalue weighted by molar-refractivity contribution is 5.98. The van der Waals surface area contributed by atoms with Gasteiger partial charge >= 0.3 is 11.9 Å². The highest BCUT2D eigenvalue weighted by Crippen LogP contribution is 2.34. The second kappa shape index (κ2) is 7.87. The van der Waals surface area contributed by atoms with Crippen molar-refractivity contribution in [1.82, 2.24) is 4.57 Å². The molecule has 1 aliphatic rings. The highest BCUT2D eigenvalue weighted by Gasteiger charge is 2.34. The molecule has 2 heterocycles. The zero-order valence-electron chi connectivity index (χ0n) is 15.0. The number of aromatic nitrogens is 1. The van der Waals surface area contributed by atoms with E-state index in [0.717, 1.165) is 0 Å². The van der Waals surface area contributed by atoms with Crippen molar-refractivity contribution in [3.05, 3.63) is 35.8 Å². The minimum atomic E-state index is -0.610. The Morgan fingerprint density at radius 2 is 2.07 bits per heavy atom. The van der Waals surface area contributed by atoms with Crippen LogP contribution in [0.2, 0.25) is 0 Å². The molecular formula is C19H20FNO6. The number of carbonyl (C=O) groups is 3. The first-order chi connectivity index (χ1) is 12.9. The van der Waals surface area contributed by atoms with Crippen LogP contribution in [0.4, 0.5) is 4.39 Å². The molecule has 27 heavy (non-hydrogen) atoms. The summed E-state index contributed by atoms with van der Waals surface area (Å²) in [6.07, 6.45) is 1.25. The van der Waals surface area contributed by atoms with Gasteiger partial charge in [0, 0.05) is 43.8 Å². The van der Waals surface area contributed by atoms with Crippen LogP contribution >= 0.6 is 0 Å². The van der Waals surface area contributed by atoms with Gasteiger partial charge in [-0.15, -0.1) is 0 Å². The lowest BCUT2D eigenvalue weighted by Gasteiger charge is -2.35. The van der Waals surface area contributed by atoms with Crippen molar-refractivity contribution in [2.75, 3.05) is 6.61 Å². The summed E-state index contributed by atoms with van der Waals surface area (Å²) in [5.41, 5.74) is 0.703. The van der Waals surface area contributed by atoms with E-state index in [1.807, 2.05) is 0 Å². The molecule has 2 aromatic rings. The quantitative estimate of drug-likeness (QED) is 0.589. The van der Waals surface area contributed by atoms with Crippen LogP contribution < -0.4 is 0 Å². The van der Waals surface area contributed by atoms with Crippen molar-refractivity contribution >= 4 is 29.1 Å². The smallest absolute Gasteiger partial charge is 0.302 e. The summed E-state index contributed by atoms with van der Waals surface area (Å²) in [5.74, 6) is -1.37. The second-order valence-corrected chi connectivity index (χ2v) is 6.46. The Morgan fingerprint density at radius 1 is 1.30 bits per heavy atom. The maximum Gasteiger partial charge on any atom is 0.302 e. The molecular weight excluding hydrogens is 357 g/mol. The summed E-state index contributed by atoms with van der Waals surface area (Å²) in [5, 5.41) is 0.210. The van der Waals surface area contributed by atoms with Crippen LogP contribution in [-0.4, -0.2) is 41.6 Å². The summed E-state index contributed by atoms with van der Waals surface area (Å²) >= 11 is 0. The number of hydrogen-bond acceptors (Lipinski definition) is 6. The molecule has 0 bridgehead atoms. The van der Waals surface area contributed by atoms with Crippen LogP contribution in [0.3, 0.4) is 0 Å². The minimum Gasteiger partial charge on any atom is -0.463 e. The fourth-order valence-corrected chi connectivity index (χ4v) is 3.40. The number of ether oxygens (including phenoxy) is 3. The molecule has 144 valence electrons. The Morgan fingerprint density at radius 3 is 2.74 bits per heavy atom. The largest absolute Gasteiger partial charge is 0.463 e. The third kappa shape index (κ3) is 4.16. The normalized spacial score (nSPS) is 22.4. The lowest BCUT2D eigenvalue weighted by atomic mass is 10.0. The number of nitrogens with zero attached hydrogens (tertiary/aromatic N) is 1. The van der Waals surface area contributed by atoms with Crippen molar-refractivity contribution in [1.29, 1.82) is 0 Å². The molecule has 0 unspecified atom stereocenters. The van der Waals surface area contributed by atoms with Crippen molar-refractivity contribution < 1.29 is 33.0 Å². The molecule has 0 aliphatic carbocycles. The van der Waals surface area contributed by atoms with Gasteiger partial charge in [0.15, 0.2) is 6.29 Å². The molecule has 3 rings (SSSR count). The zero-order valence-corrected chi connectivity index (χ0v) is 15.0. The van der Waals surface area contributed by atoms with Gasteiger partial charge < -0.3 is 18.8 Å². The Bertz CT molecular complexity index is 876. The van der Waals surface area contributed by atoms with E-state index in [-0.39, 0.29) is 17.6 Å². The van der Waals surface area contributed by atoms with E-state index in [1.165, 1.54) is 26.1 Å². The molecule has 0 radical (unpaired) electrons. The van der Waals surface area contributed by atoms with E-state index in [1.54, 1.807) is 16.7 Å². The summed E-state index contributed by atoms with van der Waals surface area (Å²) < 4.78 is 32.2. The molecule has 0 saturated carbocycles. The number of esters is 2. The maximum absolute atomic E-state index is 14.2. The first-order valence-electron chi connectivity index (χ1n) is 8.59. The molecule has 1 aromatic heterocycles. The molecule has 1 aromatic carbocycles. The van der Waals surface area contributed by atoms with Gasteiger partial charge in [0.2, 0.25) is 0 Å². The molecule has 0 spiro atoms. The zero-order chi connectivity index (χ0) is 19.6. The Balaban J connectivity index is 1.94. The molecule has 1 saturated heterocycles. The third-order valence-electron chi connectivity index (χ3n) is 4.42. The maximum atomic E-state index is 14.2. The van der Waals surface area contributed by atoms with E-state index in [0.29, 0.717) is 24.6 Å². The topological polar surface area (TPSA) is 83.8 Å². The number of carbonyl (C=O) groups excluding carboxylic acids is 3. The molecule has 0 N–H and O–H groups in total. The average Bonchev–Trinajstić information content (AvgIpc) is 2.99. The van der Waals surface area contributed by atoms with Gasteiger partial charge in [-0.1, -0.05) is 6.07 Å². The summed E-state index contributed by atoms with van der Waals surface area (Å²) in [6, 6.07) is 4.52. The number of benzene rings is 1. The van der Waals surface area contributed by atoms with Crippen LogP contribution in [0.15, 0.2) is 24.4 Å². The van der Waals surface area contributed by atoms with E-state index >= 15 is 0 Å². The fraction of sp³-hybridized carbons (Fsp3) is 0.421. The van der Waals surface area contributed by atoms with Gasteiger partial charge in [-0.2, -0.15) is 0 Å². The number of hydrogen-bond donors (Lipinski definition) is 0. The Hall–Kier alpha value is -2.74. The first-order valence-corrected chi connectivity index (χ1v) is 8.59. The monoisotopic (exact) mass is 377 g/mol. The number of aldehydes is 1. The number of rotatable bonds is 5. The van der Waals surface area contributed by atoms with Gasteiger partial charge in [0.1, 0.15) is 24.8 Å². The van der Waals surface area contributed by atoms with Gasteiger partial charge in [0.05, 0.1) is 11.6 Å². The fourth-order valence-electron chi connectivity index (χ4n) is 3.40.